The van der Waals surface area contributed by atoms with E-state index in [0.29, 0.717) is 0 Å². The molecular formula is C14H15NOS. The Bertz CT molecular complexity index is 528. The average Bonchev–Trinajstić information content (AvgIpc) is 2.75. The molecule has 2 aromatic rings. The van der Waals surface area contributed by atoms with Crippen molar-refractivity contribution in [2.24, 2.45) is 5.73 Å². The predicted molar refractivity (Wildman–Crippen MR) is 71.4 cm³/mol. The van der Waals surface area contributed by atoms with Gasteiger partial charge in [0.2, 0.25) is 0 Å². The number of ketones is 1. The van der Waals surface area contributed by atoms with Crippen LogP contribution in [0.1, 0.15) is 27.7 Å². The number of rotatable bonds is 3. The summed E-state index contributed by atoms with van der Waals surface area (Å²) < 4.78 is 0. The maximum absolute atomic E-state index is 12.4. The van der Waals surface area contributed by atoms with Crippen molar-refractivity contribution in [1.82, 2.24) is 0 Å². The van der Waals surface area contributed by atoms with Crippen molar-refractivity contribution < 1.29 is 4.79 Å². The molecule has 2 N–H and O–H groups in total. The number of thiophene rings is 1. The summed E-state index contributed by atoms with van der Waals surface area (Å²) in [6.07, 6.45) is 0. The van der Waals surface area contributed by atoms with E-state index in [1.165, 1.54) is 11.3 Å². The third kappa shape index (κ3) is 2.16. The van der Waals surface area contributed by atoms with Crippen molar-refractivity contribution in [1.29, 1.82) is 0 Å². The van der Waals surface area contributed by atoms with Crippen LogP contribution in [0.3, 0.4) is 0 Å². The molecule has 88 valence electrons. The third-order valence-corrected chi connectivity index (χ3v) is 3.93. The second-order valence-corrected chi connectivity index (χ2v) is 5.25. The normalized spacial score (nSPS) is 14.3. The van der Waals surface area contributed by atoms with Crippen LogP contribution in [-0.2, 0) is 5.54 Å². The van der Waals surface area contributed by atoms with Crippen LogP contribution in [0.4, 0.5) is 0 Å². The van der Waals surface area contributed by atoms with Crippen LogP contribution in [0.5, 0.6) is 0 Å². The molecule has 1 atom stereocenters. The van der Waals surface area contributed by atoms with Gasteiger partial charge in [-0.25, -0.2) is 0 Å². The van der Waals surface area contributed by atoms with Crippen molar-refractivity contribution in [2.75, 3.05) is 0 Å². The van der Waals surface area contributed by atoms with Gasteiger partial charge in [-0.2, -0.15) is 0 Å². The quantitative estimate of drug-likeness (QED) is 0.844. The zero-order valence-corrected chi connectivity index (χ0v) is 10.8. The van der Waals surface area contributed by atoms with Gasteiger partial charge in [0.15, 0.2) is 5.78 Å². The van der Waals surface area contributed by atoms with Crippen LogP contribution in [-0.4, -0.2) is 5.78 Å². The first-order valence-electron chi connectivity index (χ1n) is 5.47. The molecule has 0 aliphatic rings. The molecule has 0 saturated heterocycles. The van der Waals surface area contributed by atoms with E-state index in [1.54, 1.807) is 6.92 Å². The highest BCUT2D eigenvalue weighted by Gasteiger charge is 2.32. The highest BCUT2D eigenvalue weighted by Crippen LogP contribution is 2.27. The smallest absolute Gasteiger partial charge is 0.197 e. The molecule has 2 rings (SSSR count). The molecule has 0 spiro atoms. The van der Waals surface area contributed by atoms with Crippen LogP contribution in [0, 0.1) is 6.92 Å². The fraction of sp³-hybridized carbons (Fsp3) is 0.214. The van der Waals surface area contributed by atoms with Crippen LogP contribution in [0.15, 0.2) is 41.8 Å². The number of hydrogen-bond donors (Lipinski definition) is 1. The molecule has 0 radical (unpaired) electrons. The molecule has 0 bridgehead atoms. The lowest BCUT2D eigenvalue weighted by atomic mass is 9.87. The van der Waals surface area contributed by atoms with E-state index in [0.717, 1.165) is 16.0 Å². The first-order chi connectivity index (χ1) is 8.03. The average molecular weight is 245 g/mol. The molecule has 0 amide bonds. The summed E-state index contributed by atoms with van der Waals surface area (Å²) >= 11 is 1.45. The summed E-state index contributed by atoms with van der Waals surface area (Å²) in [4.78, 5) is 13.2. The Balaban J connectivity index is 2.40. The van der Waals surface area contributed by atoms with E-state index in [-0.39, 0.29) is 5.78 Å². The van der Waals surface area contributed by atoms with Gasteiger partial charge in [-0.15, -0.1) is 11.3 Å². The van der Waals surface area contributed by atoms with Crippen molar-refractivity contribution >= 4 is 17.1 Å². The summed E-state index contributed by atoms with van der Waals surface area (Å²) in [5.41, 5.74) is 7.08. The first-order valence-corrected chi connectivity index (χ1v) is 6.34. The fourth-order valence-corrected chi connectivity index (χ4v) is 2.74. The van der Waals surface area contributed by atoms with E-state index in [2.05, 4.69) is 0 Å². The van der Waals surface area contributed by atoms with Gasteiger partial charge in [0.05, 0.1) is 4.88 Å². The third-order valence-electron chi connectivity index (χ3n) is 2.91. The number of carbonyl (C=O) groups excluding carboxylic acids is 1. The van der Waals surface area contributed by atoms with Crippen LogP contribution in [0.25, 0.3) is 0 Å². The Labute approximate surface area is 105 Å². The lowest BCUT2D eigenvalue weighted by molar-refractivity contribution is 0.0903. The molecule has 1 heterocycles. The highest BCUT2D eigenvalue weighted by atomic mass is 32.1. The maximum atomic E-state index is 12.4. The first kappa shape index (κ1) is 12.0. The van der Waals surface area contributed by atoms with E-state index in [9.17, 15) is 4.79 Å². The second kappa shape index (κ2) is 4.43. The van der Waals surface area contributed by atoms with Gasteiger partial charge in [0, 0.05) is 0 Å². The molecule has 0 saturated carbocycles. The van der Waals surface area contributed by atoms with Crippen LogP contribution in [0.2, 0.25) is 0 Å². The van der Waals surface area contributed by atoms with Crippen LogP contribution < -0.4 is 5.73 Å². The molecule has 0 fully saturated rings. The van der Waals surface area contributed by atoms with Gasteiger partial charge in [0.1, 0.15) is 5.54 Å². The monoisotopic (exact) mass is 245 g/mol. The molecule has 1 unspecified atom stereocenters. The molecule has 17 heavy (non-hydrogen) atoms. The highest BCUT2D eigenvalue weighted by molar-refractivity contribution is 7.12. The summed E-state index contributed by atoms with van der Waals surface area (Å²) in [6, 6.07) is 11.4. The van der Waals surface area contributed by atoms with Crippen molar-refractivity contribution in [2.45, 2.75) is 19.4 Å². The van der Waals surface area contributed by atoms with E-state index >= 15 is 0 Å². The van der Waals surface area contributed by atoms with Crippen molar-refractivity contribution in [3.05, 3.63) is 57.8 Å². The Morgan fingerprint density at radius 2 is 1.88 bits per heavy atom. The minimum absolute atomic E-state index is 0.0174. The molecular weight excluding hydrogens is 230 g/mol. The molecule has 1 aromatic heterocycles. The largest absolute Gasteiger partial charge is 0.315 e. The SMILES string of the molecule is Cc1ccsc1C(=O)C(C)(N)c1ccccc1. The van der Waals surface area contributed by atoms with Gasteiger partial charge in [-0.1, -0.05) is 30.3 Å². The molecule has 1 aromatic carbocycles. The van der Waals surface area contributed by atoms with Gasteiger partial charge >= 0.3 is 0 Å². The van der Waals surface area contributed by atoms with Crippen LogP contribution >= 0.6 is 11.3 Å². The van der Waals surface area contributed by atoms with Gasteiger partial charge < -0.3 is 5.73 Å². The standard InChI is InChI=1S/C14H15NOS/c1-10-8-9-17-12(10)13(16)14(2,15)11-6-4-3-5-7-11/h3-9H,15H2,1-2H3. The number of nitrogens with two attached hydrogens (primary N) is 1. The Hall–Kier alpha value is -1.45. The Morgan fingerprint density at radius 3 is 2.41 bits per heavy atom. The summed E-state index contributed by atoms with van der Waals surface area (Å²) in [5.74, 6) is -0.0174. The minimum atomic E-state index is -0.961. The van der Waals surface area contributed by atoms with Gasteiger partial charge in [-0.05, 0) is 36.4 Å². The van der Waals surface area contributed by atoms with Crippen molar-refractivity contribution in [3.8, 4) is 0 Å². The lowest BCUT2D eigenvalue weighted by Gasteiger charge is -2.23. The second-order valence-electron chi connectivity index (χ2n) is 4.33. The maximum Gasteiger partial charge on any atom is 0.197 e. The minimum Gasteiger partial charge on any atom is -0.315 e. The summed E-state index contributed by atoms with van der Waals surface area (Å²) in [6.45, 7) is 3.70. The van der Waals surface area contributed by atoms with E-state index < -0.39 is 5.54 Å². The molecule has 2 nitrogen and oxygen atoms in total. The molecule has 0 aliphatic heterocycles. The summed E-state index contributed by atoms with van der Waals surface area (Å²) in [7, 11) is 0. The number of aryl methyl sites for hydroxylation is 1. The van der Waals surface area contributed by atoms with E-state index in [4.69, 9.17) is 5.73 Å². The molecule has 0 aliphatic carbocycles. The lowest BCUT2D eigenvalue weighted by Crippen LogP contribution is -2.41. The predicted octanol–water partition coefficient (Wildman–Crippen LogP) is 3.11. The Morgan fingerprint density at radius 1 is 1.24 bits per heavy atom. The van der Waals surface area contributed by atoms with Gasteiger partial charge in [-0.3, -0.25) is 4.79 Å². The number of carbonyl (C=O) groups is 1. The summed E-state index contributed by atoms with van der Waals surface area (Å²) in [5, 5.41) is 1.92. The Kier molecular flexibility index (Phi) is 3.13. The number of Topliss-reactive ketones (excluding diaryl/α,β-unsaturated/α-hetero) is 1. The zero-order valence-electron chi connectivity index (χ0n) is 9.94. The number of benzene rings is 1. The number of hydrogen-bond acceptors (Lipinski definition) is 3. The zero-order chi connectivity index (χ0) is 12.5. The molecule has 3 heteroatoms. The topological polar surface area (TPSA) is 43.1 Å². The fourth-order valence-electron chi connectivity index (χ4n) is 1.76. The van der Waals surface area contributed by atoms with E-state index in [1.807, 2.05) is 48.7 Å². The van der Waals surface area contributed by atoms with Gasteiger partial charge in [0.25, 0.3) is 0 Å². The van der Waals surface area contributed by atoms with Crippen molar-refractivity contribution in [3.63, 3.8) is 0 Å².